The topological polar surface area (TPSA) is 38.7 Å². The molecule has 0 radical (unpaired) electrons. The molecular formula is C15H10ClNO2S. The van der Waals surface area contributed by atoms with Crippen molar-refractivity contribution < 1.29 is 9.53 Å². The third-order valence-electron chi connectivity index (χ3n) is 2.93. The van der Waals surface area contributed by atoms with E-state index in [-0.39, 0.29) is 5.97 Å². The number of hydrogen-bond acceptors (Lipinski definition) is 4. The number of fused-ring (bicyclic) bond motifs is 2. The van der Waals surface area contributed by atoms with Gasteiger partial charge < -0.3 is 4.74 Å². The Morgan fingerprint density at radius 1 is 1.20 bits per heavy atom. The lowest BCUT2D eigenvalue weighted by atomic mass is 10.2. The Morgan fingerprint density at radius 2 is 2.00 bits per heavy atom. The summed E-state index contributed by atoms with van der Waals surface area (Å²) in [6.45, 7) is 0. The smallest absolute Gasteiger partial charge is 0.337 e. The van der Waals surface area contributed by atoms with E-state index in [0.717, 1.165) is 21.0 Å². The zero-order valence-corrected chi connectivity index (χ0v) is 12.2. The van der Waals surface area contributed by atoms with Crippen LogP contribution in [0.3, 0.4) is 0 Å². The Balaban J connectivity index is 2.13. The van der Waals surface area contributed by atoms with E-state index >= 15 is 0 Å². The number of hydrogen-bond donors (Lipinski definition) is 0. The molecule has 0 fully saturated rings. The Hall–Kier alpha value is -1.78. The number of benzene rings is 2. The molecule has 0 saturated heterocycles. The molecule has 2 aromatic rings. The highest BCUT2D eigenvalue weighted by atomic mass is 35.5. The third-order valence-corrected chi connectivity index (χ3v) is 4.34. The number of rotatable bonds is 1. The van der Waals surface area contributed by atoms with Gasteiger partial charge in [0.15, 0.2) is 0 Å². The summed E-state index contributed by atoms with van der Waals surface area (Å²) in [5.41, 5.74) is 2.16. The van der Waals surface area contributed by atoms with Crippen LogP contribution in [0.2, 0.25) is 0 Å². The molecule has 0 spiro atoms. The van der Waals surface area contributed by atoms with Gasteiger partial charge in [0.25, 0.3) is 0 Å². The summed E-state index contributed by atoms with van der Waals surface area (Å²) in [5, 5.41) is 0.456. The molecule has 0 bridgehead atoms. The average molecular weight is 304 g/mol. The summed E-state index contributed by atoms with van der Waals surface area (Å²) < 4.78 is 4.74. The van der Waals surface area contributed by atoms with E-state index in [1.54, 1.807) is 30.0 Å². The summed E-state index contributed by atoms with van der Waals surface area (Å²) in [5.74, 6) is -0.360. The number of methoxy groups -OCH3 is 1. The van der Waals surface area contributed by atoms with Crippen molar-refractivity contribution in [3.63, 3.8) is 0 Å². The van der Waals surface area contributed by atoms with Crippen LogP contribution in [0.25, 0.3) is 0 Å². The largest absolute Gasteiger partial charge is 0.465 e. The van der Waals surface area contributed by atoms with Crippen LogP contribution in [-0.2, 0) is 4.74 Å². The maximum Gasteiger partial charge on any atom is 0.337 e. The van der Waals surface area contributed by atoms with E-state index in [4.69, 9.17) is 16.3 Å². The Morgan fingerprint density at radius 3 is 2.80 bits per heavy atom. The van der Waals surface area contributed by atoms with Gasteiger partial charge in [-0.2, -0.15) is 0 Å². The summed E-state index contributed by atoms with van der Waals surface area (Å²) in [6.07, 6.45) is 0. The van der Waals surface area contributed by atoms with Gasteiger partial charge in [-0.15, -0.1) is 0 Å². The predicted molar refractivity (Wildman–Crippen MR) is 80.4 cm³/mol. The number of carbonyl (C=O) groups is 1. The van der Waals surface area contributed by atoms with Crippen LogP contribution in [0.5, 0.6) is 0 Å². The van der Waals surface area contributed by atoms with E-state index in [0.29, 0.717) is 10.7 Å². The van der Waals surface area contributed by atoms with Crippen LogP contribution in [0.4, 0.5) is 5.69 Å². The first-order valence-corrected chi connectivity index (χ1v) is 7.12. The SMILES string of the molecule is COC(=O)c1ccc2c(c1)Sc1ccccc1C(Cl)=N2. The van der Waals surface area contributed by atoms with Crippen LogP contribution in [0.1, 0.15) is 15.9 Å². The minimum atomic E-state index is -0.360. The fourth-order valence-corrected chi connectivity index (χ4v) is 3.32. The fourth-order valence-electron chi connectivity index (χ4n) is 1.94. The fraction of sp³-hybridized carbons (Fsp3) is 0.0667. The Bertz CT molecular complexity index is 728. The van der Waals surface area contributed by atoms with Crippen molar-refractivity contribution in [2.75, 3.05) is 7.11 Å². The van der Waals surface area contributed by atoms with E-state index in [1.807, 2.05) is 24.3 Å². The molecule has 1 heterocycles. The molecule has 0 amide bonds. The number of nitrogens with zero attached hydrogens (tertiary/aromatic N) is 1. The van der Waals surface area contributed by atoms with Gasteiger partial charge in [-0.25, -0.2) is 9.79 Å². The summed E-state index contributed by atoms with van der Waals surface area (Å²) in [7, 11) is 1.37. The molecule has 0 aliphatic carbocycles. The number of aliphatic imine (C=N–C) groups is 1. The normalized spacial score (nSPS) is 12.8. The highest BCUT2D eigenvalue weighted by Crippen LogP contribution is 2.41. The van der Waals surface area contributed by atoms with Gasteiger partial charge in [0.1, 0.15) is 5.17 Å². The first-order chi connectivity index (χ1) is 9.69. The second-order valence-corrected chi connectivity index (χ2v) is 5.62. The monoisotopic (exact) mass is 303 g/mol. The minimum Gasteiger partial charge on any atom is -0.465 e. The van der Waals surface area contributed by atoms with E-state index in [2.05, 4.69) is 4.99 Å². The minimum absolute atomic E-state index is 0.360. The molecule has 2 aromatic carbocycles. The molecule has 0 atom stereocenters. The number of carbonyl (C=O) groups excluding carboxylic acids is 1. The van der Waals surface area contributed by atoms with E-state index in [9.17, 15) is 4.79 Å². The molecule has 20 heavy (non-hydrogen) atoms. The van der Waals surface area contributed by atoms with Crippen molar-refractivity contribution in [2.24, 2.45) is 4.99 Å². The number of halogens is 1. The van der Waals surface area contributed by atoms with Crippen molar-refractivity contribution in [3.8, 4) is 0 Å². The Kier molecular flexibility index (Phi) is 3.51. The first-order valence-electron chi connectivity index (χ1n) is 5.93. The molecule has 0 aromatic heterocycles. The van der Waals surface area contributed by atoms with Crippen molar-refractivity contribution in [1.82, 2.24) is 0 Å². The molecule has 5 heteroatoms. The molecule has 1 aliphatic rings. The molecule has 0 N–H and O–H groups in total. The molecule has 1 aliphatic heterocycles. The second-order valence-electron chi connectivity index (χ2n) is 4.17. The van der Waals surface area contributed by atoms with Gasteiger partial charge in [-0.3, -0.25) is 0 Å². The number of esters is 1. The van der Waals surface area contributed by atoms with Gasteiger partial charge in [0.05, 0.1) is 18.4 Å². The summed E-state index contributed by atoms with van der Waals surface area (Å²) in [6, 6.07) is 13.0. The first kappa shape index (κ1) is 13.2. The molecule has 3 rings (SSSR count). The lowest BCUT2D eigenvalue weighted by molar-refractivity contribution is 0.0600. The van der Waals surface area contributed by atoms with Crippen molar-refractivity contribution in [3.05, 3.63) is 53.6 Å². The van der Waals surface area contributed by atoms with Crippen LogP contribution < -0.4 is 0 Å². The van der Waals surface area contributed by atoms with Crippen LogP contribution in [0.15, 0.2) is 57.2 Å². The third kappa shape index (κ3) is 2.32. The summed E-state index contributed by atoms with van der Waals surface area (Å²) in [4.78, 5) is 17.9. The molecule has 0 saturated carbocycles. The molecular weight excluding hydrogens is 294 g/mol. The van der Waals surface area contributed by atoms with Crippen molar-refractivity contribution in [1.29, 1.82) is 0 Å². The maximum absolute atomic E-state index is 11.6. The van der Waals surface area contributed by atoms with Crippen molar-refractivity contribution >= 4 is 40.2 Å². The van der Waals surface area contributed by atoms with Gasteiger partial charge in [0.2, 0.25) is 0 Å². The molecule has 0 unspecified atom stereocenters. The van der Waals surface area contributed by atoms with Gasteiger partial charge in [-0.05, 0) is 24.3 Å². The molecule has 3 nitrogen and oxygen atoms in total. The summed E-state index contributed by atoms with van der Waals surface area (Å²) >= 11 is 7.80. The standard InChI is InChI=1S/C15H10ClNO2S/c1-19-15(18)9-6-7-11-13(8-9)20-12-5-3-2-4-10(12)14(16)17-11/h2-8H,1H3. The van der Waals surface area contributed by atoms with Gasteiger partial charge in [-0.1, -0.05) is 41.6 Å². The lowest BCUT2D eigenvalue weighted by Crippen LogP contribution is -2.00. The predicted octanol–water partition coefficient (Wildman–Crippen LogP) is 4.25. The zero-order valence-electron chi connectivity index (χ0n) is 10.6. The maximum atomic E-state index is 11.6. The highest BCUT2D eigenvalue weighted by molar-refractivity contribution is 7.99. The van der Waals surface area contributed by atoms with E-state index < -0.39 is 0 Å². The van der Waals surface area contributed by atoms with Gasteiger partial charge in [0, 0.05) is 15.4 Å². The zero-order chi connectivity index (χ0) is 14.1. The van der Waals surface area contributed by atoms with Gasteiger partial charge >= 0.3 is 5.97 Å². The average Bonchev–Trinajstić information content (AvgIpc) is 2.62. The highest BCUT2D eigenvalue weighted by Gasteiger charge is 2.17. The van der Waals surface area contributed by atoms with Crippen LogP contribution in [0, 0.1) is 0 Å². The van der Waals surface area contributed by atoms with Crippen molar-refractivity contribution in [2.45, 2.75) is 9.79 Å². The number of ether oxygens (including phenoxy) is 1. The Labute approximate surface area is 125 Å². The molecule has 100 valence electrons. The second kappa shape index (κ2) is 5.31. The van der Waals surface area contributed by atoms with Crippen LogP contribution in [-0.4, -0.2) is 18.2 Å². The quantitative estimate of drug-likeness (QED) is 0.739. The van der Waals surface area contributed by atoms with Crippen LogP contribution >= 0.6 is 23.4 Å². The van der Waals surface area contributed by atoms with E-state index in [1.165, 1.54) is 7.11 Å². The lowest BCUT2D eigenvalue weighted by Gasteiger charge is -2.06.